The molecule has 0 radical (unpaired) electrons. The molecule has 2 rings (SSSR count). The van der Waals surface area contributed by atoms with Crippen molar-refractivity contribution in [1.29, 1.82) is 0 Å². The summed E-state index contributed by atoms with van der Waals surface area (Å²) < 4.78 is 10.8. The third-order valence-corrected chi connectivity index (χ3v) is 2.23. The van der Waals surface area contributed by atoms with Gasteiger partial charge in [0.25, 0.3) is 0 Å². The van der Waals surface area contributed by atoms with Crippen molar-refractivity contribution in [3.8, 4) is 0 Å². The molecule has 3 heteroatoms. The largest absolute Gasteiger partial charge is 0.461 e. The van der Waals surface area contributed by atoms with Crippen LogP contribution in [0.2, 0.25) is 0 Å². The Morgan fingerprint density at radius 3 is 2.38 bits per heavy atom. The van der Waals surface area contributed by atoms with Crippen LogP contribution >= 0.6 is 0 Å². The Morgan fingerprint density at radius 2 is 1.69 bits per heavy atom. The Balaban J connectivity index is 1.80. The van der Waals surface area contributed by atoms with E-state index in [2.05, 4.69) is 0 Å². The van der Waals surface area contributed by atoms with Crippen LogP contribution in [0.3, 0.4) is 0 Å². The van der Waals surface area contributed by atoms with Gasteiger partial charge in [-0.15, -0.1) is 0 Å². The SMILES string of the molecule is OCc1ccc(COCc2ccccc2)o1. The van der Waals surface area contributed by atoms with Gasteiger partial charge in [0.2, 0.25) is 0 Å². The van der Waals surface area contributed by atoms with E-state index in [1.165, 1.54) is 0 Å². The molecule has 0 spiro atoms. The van der Waals surface area contributed by atoms with Crippen LogP contribution in [0.25, 0.3) is 0 Å². The first-order valence-electron chi connectivity index (χ1n) is 5.18. The minimum Gasteiger partial charge on any atom is -0.461 e. The highest BCUT2D eigenvalue weighted by Crippen LogP contribution is 2.10. The maximum absolute atomic E-state index is 8.82. The third kappa shape index (κ3) is 2.95. The first-order valence-corrected chi connectivity index (χ1v) is 5.18. The lowest BCUT2D eigenvalue weighted by atomic mass is 10.2. The highest BCUT2D eigenvalue weighted by molar-refractivity contribution is 5.13. The molecule has 0 aliphatic heterocycles. The Bertz CT molecular complexity index is 420. The number of furan rings is 1. The number of aliphatic hydroxyl groups is 1. The van der Waals surface area contributed by atoms with Crippen molar-refractivity contribution in [3.63, 3.8) is 0 Å². The molecule has 0 aliphatic carbocycles. The molecule has 0 unspecified atom stereocenters. The lowest BCUT2D eigenvalue weighted by Gasteiger charge is -2.01. The standard InChI is InChI=1S/C13H14O3/c14-8-12-6-7-13(16-12)10-15-9-11-4-2-1-3-5-11/h1-7,14H,8-10H2. The van der Waals surface area contributed by atoms with Crippen molar-refractivity contribution < 1.29 is 14.3 Å². The predicted octanol–water partition coefficient (Wildman–Crippen LogP) is 2.49. The van der Waals surface area contributed by atoms with Crippen LogP contribution in [0.15, 0.2) is 46.9 Å². The van der Waals surface area contributed by atoms with Crippen LogP contribution in [0.5, 0.6) is 0 Å². The Labute approximate surface area is 94.3 Å². The molecule has 3 nitrogen and oxygen atoms in total. The summed E-state index contributed by atoms with van der Waals surface area (Å²) in [5.74, 6) is 1.30. The van der Waals surface area contributed by atoms with E-state index in [9.17, 15) is 0 Å². The second-order valence-electron chi connectivity index (χ2n) is 3.50. The zero-order chi connectivity index (χ0) is 11.2. The summed E-state index contributed by atoms with van der Waals surface area (Å²) in [7, 11) is 0. The van der Waals surface area contributed by atoms with Gasteiger partial charge in [0.05, 0.1) is 6.61 Å². The van der Waals surface area contributed by atoms with Crippen molar-refractivity contribution in [2.75, 3.05) is 0 Å². The van der Waals surface area contributed by atoms with Crippen LogP contribution in [-0.2, 0) is 24.6 Å². The first-order chi connectivity index (χ1) is 7.88. The third-order valence-electron chi connectivity index (χ3n) is 2.23. The van der Waals surface area contributed by atoms with Gasteiger partial charge in [0.1, 0.15) is 24.7 Å². The zero-order valence-corrected chi connectivity index (χ0v) is 8.93. The molecule has 1 N–H and O–H groups in total. The number of rotatable bonds is 5. The topological polar surface area (TPSA) is 42.6 Å². The molecule has 0 saturated heterocycles. The van der Waals surface area contributed by atoms with E-state index in [1.807, 2.05) is 36.4 Å². The van der Waals surface area contributed by atoms with E-state index in [1.54, 1.807) is 6.07 Å². The van der Waals surface area contributed by atoms with Crippen LogP contribution in [0.1, 0.15) is 17.1 Å². The van der Waals surface area contributed by atoms with Crippen molar-refractivity contribution in [2.45, 2.75) is 19.8 Å². The maximum atomic E-state index is 8.82. The molecule has 0 amide bonds. The predicted molar refractivity (Wildman–Crippen MR) is 59.6 cm³/mol. The number of hydrogen-bond acceptors (Lipinski definition) is 3. The van der Waals surface area contributed by atoms with Crippen LogP contribution in [0.4, 0.5) is 0 Å². The molecule has 1 aromatic heterocycles. The quantitative estimate of drug-likeness (QED) is 0.838. The minimum absolute atomic E-state index is 0.0707. The molecule has 0 atom stereocenters. The molecule has 0 fully saturated rings. The number of aliphatic hydroxyl groups excluding tert-OH is 1. The van der Waals surface area contributed by atoms with E-state index in [-0.39, 0.29) is 6.61 Å². The molecule has 1 heterocycles. The van der Waals surface area contributed by atoms with Gasteiger partial charge in [-0.1, -0.05) is 30.3 Å². The van der Waals surface area contributed by atoms with Crippen molar-refractivity contribution in [3.05, 3.63) is 59.5 Å². The highest BCUT2D eigenvalue weighted by atomic mass is 16.5. The van der Waals surface area contributed by atoms with Crippen molar-refractivity contribution in [1.82, 2.24) is 0 Å². The maximum Gasteiger partial charge on any atom is 0.130 e. The van der Waals surface area contributed by atoms with E-state index < -0.39 is 0 Å². The Hall–Kier alpha value is -1.58. The van der Waals surface area contributed by atoms with Crippen molar-refractivity contribution in [2.24, 2.45) is 0 Å². The highest BCUT2D eigenvalue weighted by Gasteiger charge is 2.00. The number of benzene rings is 1. The fourth-order valence-electron chi connectivity index (χ4n) is 1.43. The van der Waals surface area contributed by atoms with Crippen molar-refractivity contribution >= 4 is 0 Å². The van der Waals surface area contributed by atoms with Crippen LogP contribution in [0, 0.1) is 0 Å². The molecule has 16 heavy (non-hydrogen) atoms. The van der Waals surface area contributed by atoms with Crippen LogP contribution in [-0.4, -0.2) is 5.11 Å². The summed E-state index contributed by atoms with van der Waals surface area (Å²) in [5.41, 5.74) is 1.14. The van der Waals surface area contributed by atoms with E-state index in [4.69, 9.17) is 14.3 Å². The minimum atomic E-state index is -0.0707. The second-order valence-corrected chi connectivity index (χ2v) is 3.50. The fraction of sp³-hybridized carbons (Fsp3) is 0.231. The molecular formula is C13H14O3. The van der Waals surface area contributed by atoms with E-state index in [0.717, 1.165) is 11.3 Å². The van der Waals surface area contributed by atoms with Crippen LogP contribution < -0.4 is 0 Å². The molecule has 0 aliphatic rings. The Morgan fingerprint density at radius 1 is 0.938 bits per heavy atom. The van der Waals surface area contributed by atoms with Gasteiger partial charge in [-0.25, -0.2) is 0 Å². The summed E-state index contributed by atoms with van der Waals surface area (Å²) in [6.45, 7) is 0.920. The van der Waals surface area contributed by atoms with Gasteiger partial charge >= 0.3 is 0 Å². The smallest absolute Gasteiger partial charge is 0.130 e. The molecule has 0 bridgehead atoms. The average Bonchev–Trinajstić information content (AvgIpc) is 2.78. The normalized spacial score (nSPS) is 10.6. The summed E-state index contributed by atoms with van der Waals surface area (Å²) in [6.07, 6.45) is 0. The molecule has 0 saturated carbocycles. The lowest BCUT2D eigenvalue weighted by molar-refractivity contribution is 0.0905. The Kier molecular flexibility index (Phi) is 3.75. The summed E-state index contributed by atoms with van der Waals surface area (Å²) in [5, 5.41) is 8.82. The summed E-state index contributed by atoms with van der Waals surface area (Å²) >= 11 is 0. The fourth-order valence-corrected chi connectivity index (χ4v) is 1.43. The van der Waals surface area contributed by atoms with E-state index in [0.29, 0.717) is 19.0 Å². The average molecular weight is 218 g/mol. The zero-order valence-electron chi connectivity index (χ0n) is 8.93. The summed E-state index contributed by atoms with van der Waals surface area (Å²) in [4.78, 5) is 0. The molecular weight excluding hydrogens is 204 g/mol. The van der Waals surface area contributed by atoms with Gasteiger partial charge in [-0.2, -0.15) is 0 Å². The van der Waals surface area contributed by atoms with Gasteiger partial charge < -0.3 is 14.3 Å². The van der Waals surface area contributed by atoms with Gasteiger partial charge in [0.15, 0.2) is 0 Å². The lowest BCUT2D eigenvalue weighted by Crippen LogP contribution is -1.92. The molecule has 1 aromatic carbocycles. The first kappa shape index (κ1) is 10.9. The van der Waals surface area contributed by atoms with Gasteiger partial charge in [-0.3, -0.25) is 0 Å². The molecule has 2 aromatic rings. The summed E-state index contributed by atoms with van der Waals surface area (Å²) in [6, 6.07) is 13.5. The number of ether oxygens (including phenoxy) is 1. The monoisotopic (exact) mass is 218 g/mol. The number of hydrogen-bond donors (Lipinski definition) is 1. The van der Waals surface area contributed by atoms with Gasteiger partial charge in [0, 0.05) is 0 Å². The van der Waals surface area contributed by atoms with E-state index >= 15 is 0 Å². The van der Waals surface area contributed by atoms with Gasteiger partial charge in [-0.05, 0) is 17.7 Å². The molecule has 84 valence electrons. The second kappa shape index (κ2) is 5.49.